The number of aromatic carboxylic acids is 1. The first-order valence-corrected chi connectivity index (χ1v) is 8.35. The van der Waals surface area contributed by atoms with E-state index in [2.05, 4.69) is 4.72 Å². The molecule has 0 heterocycles. The van der Waals surface area contributed by atoms with Gasteiger partial charge in [-0.05, 0) is 37.0 Å². The van der Waals surface area contributed by atoms with E-state index < -0.39 is 26.7 Å². The fourth-order valence-electron chi connectivity index (χ4n) is 2.60. The van der Waals surface area contributed by atoms with Crippen molar-refractivity contribution in [1.29, 1.82) is 0 Å². The molecule has 116 valence electrons. The van der Waals surface area contributed by atoms with Crippen LogP contribution in [0.2, 0.25) is 0 Å². The second kappa shape index (κ2) is 6.11. The molecule has 2 unspecified atom stereocenters. The SMILES string of the molecule is CC1CCCCC1NS(=O)(=O)c1cc(C(=O)O)ccc1F. The fraction of sp³-hybridized carbons (Fsp3) is 0.500. The molecule has 2 rings (SSSR count). The van der Waals surface area contributed by atoms with Gasteiger partial charge >= 0.3 is 5.97 Å². The highest BCUT2D eigenvalue weighted by Crippen LogP contribution is 2.26. The van der Waals surface area contributed by atoms with Crippen molar-refractivity contribution in [2.45, 2.75) is 43.5 Å². The van der Waals surface area contributed by atoms with Crippen LogP contribution in [-0.2, 0) is 10.0 Å². The molecule has 0 amide bonds. The first-order valence-electron chi connectivity index (χ1n) is 6.86. The van der Waals surface area contributed by atoms with Crippen molar-refractivity contribution in [3.8, 4) is 0 Å². The molecule has 1 saturated carbocycles. The van der Waals surface area contributed by atoms with E-state index in [9.17, 15) is 17.6 Å². The number of carboxylic acids is 1. The highest BCUT2D eigenvalue weighted by Gasteiger charge is 2.28. The molecule has 2 N–H and O–H groups in total. The second-order valence-corrected chi connectivity index (χ2v) is 7.12. The third-order valence-electron chi connectivity index (χ3n) is 3.89. The molecule has 0 bridgehead atoms. The number of carbonyl (C=O) groups is 1. The van der Waals surface area contributed by atoms with E-state index in [-0.39, 0.29) is 17.5 Å². The third-order valence-corrected chi connectivity index (χ3v) is 5.39. The summed E-state index contributed by atoms with van der Waals surface area (Å²) in [6.45, 7) is 1.95. The lowest BCUT2D eigenvalue weighted by atomic mass is 9.87. The Balaban J connectivity index is 2.30. The minimum Gasteiger partial charge on any atom is -0.478 e. The van der Waals surface area contributed by atoms with E-state index in [0.29, 0.717) is 6.42 Å². The van der Waals surface area contributed by atoms with E-state index in [1.165, 1.54) is 0 Å². The summed E-state index contributed by atoms with van der Waals surface area (Å²) in [6, 6.07) is 2.52. The maximum Gasteiger partial charge on any atom is 0.335 e. The average molecular weight is 315 g/mol. The van der Waals surface area contributed by atoms with E-state index in [1.54, 1.807) is 0 Å². The van der Waals surface area contributed by atoms with Crippen molar-refractivity contribution in [2.24, 2.45) is 5.92 Å². The Morgan fingerprint density at radius 1 is 1.33 bits per heavy atom. The maximum atomic E-state index is 13.8. The molecule has 0 spiro atoms. The molecule has 0 radical (unpaired) electrons. The Kier molecular flexibility index (Phi) is 4.63. The lowest BCUT2D eigenvalue weighted by Gasteiger charge is -2.29. The molecule has 0 aliphatic heterocycles. The zero-order valence-corrected chi connectivity index (χ0v) is 12.5. The van der Waals surface area contributed by atoms with E-state index in [0.717, 1.165) is 37.5 Å². The van der Waals surface area contributed by atoms with Crippen LogP contribution in [-0.4, -0.2) is 25.5 Å². The Labute approximate surface area is 123 Å². The molecule has 1 aliphatic rings. The standard InChI is InChI=1S/C14H18FNO4S/c1-9-4-2-3-5-12(9)16-21(19,20)13-8-10(14(17)18)6-7-11(13)15/h6-9,12,16H,2-5H2,1H3,(H,17,18). The van der Waals surface area contributed by atoms with Gasteiger partial charge in [0.2, 0.25) is 10.0 Å². The molecule has 7 heteroatoms. The lowest BCUT2D eigenvalue weighted by Crippen LogP contribution is -2.41. The summed E-state index contributed by atoms with van der Waals surface area (Å²) < 4.78 is 40.9. The first kappa shape index (κ1) is 15.9. The van der Waals surface area contributed by atoms with Crippen LogP contribution in [0.5, 0.6) is 0 Å². The number of rotatable bonds is 4. The van der Waals surface area contributed by atoms with Crippen LogP contribution >= 0.6 is 0 Å². The van der Waals surface area contributed by atoms with E-state index in [1.807, 2.05) is 6.92 Å². The van der Waals surface area contributed by atoms with Crippen molar-refractivity contribution in [1.82, 2.24) is 4.72 Å². The van der Waals surface area contributed by atoms with Gasteiger partial charge in [-0.1, -0.05) is 19.8 Å². The van der Waals surface area contributed by atoms with Gasteiger partial charge in [-0.25, -0.2) is 22.3 Å². The summed E-state index contributed by atoms with van der Waals surface area (Å²) in [7, 11) is -4.07. The summed E-state index contributed by atoms with van der Waals surface area (Å²) in [5.41, 5.74) is -0.256. The summed E-state index contributed by atoms with van der Waals surface area (Å²) in [6.07, 6.45) is 3.61. The van der Waals surface area contributed by atoms with Gasteiger partial charge in [-0.15, -0.1) is 0 Å². The van der Waals surface area contributed by atoms with Gasteiger partial charge in [0.1, 0.15) is 10.7 Å². The van der Waals surface area contributed by atoms with E-state index >= 15 is 0 Å². The Morgan fingerprint density at radius 3 is 2.62 bits per heavy atom. The quantitative estimate of drug-likeness (QED) is 0.893. The molecule has 1 aliphatic carbocycles. The van der Waals surface area contributed by atoms with Gasteiger partial charge in [0.05, 0.1) is 5.56 Å². The number of benzene rings is 1. The van der Waals surface area contributed by atoms with Gasteiger partial charge < -0.3 is 5.11 Å². The normalized spacial score (nSPS) is 23.0. The zero-order chi connectivity index (χ0) is 15.6. The summed E-state index contributed by atoms with van der Waals surface area (Å²) in [5.74, 6) is -2.06. The predicted octanol–water partition coefficient (Wildman–Crippen LogP) is 2.38. The second-order valence-electron chi connectivity index (χ2n) is 5.44. The topological polar surface area (TPSA) is 83.5 Å². The van der Waals surface area contributed by atoms with Crippen LogP contribution in [0.3, 0.4) is 0 Å². The number of sulfonamides is 1. The van der Waals surface area contributed by atoms with Crippen LogP contribution in [0.15, 0.2) is 23.1 Å². The maximum absolute atomic E-state index is 13.8. The summed E-state index contributed by atoms with van der Waals surface area (Å²) in [4.78, 5) is 10.3. The summed E-state index contributed by atoms with van der Waals surface area (Å²) >= 11 is 0. The van der Waals surface area contributed by atoms with Crippen molar-refractivity contribution in [2.75, 3.05) is 0 Å². The predicted molar refractivity (Wildman–Crippen MR) is 75.1 cm³/mol. The molecule has 1 aromatic carbocycles. The number of hydrogen-bond acceptors (Lipinski definition) is 3. The molecule has 1 aromatic rings. The highest BCUT2D eigenvalue weighted by atomic mass is 32.2. The molecule has 1 fully saturated rings. The minimum atomic E-state index is -4.07. The van der Waals surface area contributed by atoms with Crippen molar-refractivity contribution >= 4 is 16.0 Å². The van der Waals surface area contributed by atoms with Crippen LogP contribution in [0, 0.1) is 11.7 Å². The zero-order valence-electron chi connectivity index (χ0n) is 11.7. The Hall–Kier alpha value is -1.47. The number of hydrogen-bond donors (Lipinski definition) is 2. The number of carboxylic acid groups (broad SMARTS) is 1. The third kappa shape index (κ3) is 3.59. The van der Waals surface area contributed by atoms with Crippen molar-refractivity contribution in [3.63, 3.8) is 0 Å². The molecule has 2 atom stereocenters. The van der Waals surface area contributed by atoms with Crippen molar-refractivity contribution in [3.05, 3.63) is 29.6 Å². The van der Waals surface area contributed by atoms with Crippen molar-refractivity contribution < 1.29 is 22.7 Å². The minimum absolute atomic E-state index is 0.180. The Bertz CT molecular complexity index is 644. The fourth-order valence-corrected chi connectivity index (χ4v) is 4.08. The van der Waals surface area contributed by atoms with Gasteiger partial charge in [0.15, 0.2) is 0 Å². The van der Waals surface area contributed by atoms with E-state index in [4.69, 9.17) is 5.11 Å². The monoisotopic (exact) mass is 315 g/mol. The average Bonchev–Trinajstić information content (AvgIpc) is 2.41. The molecular weight excluding hydrogens is 297 g/mol. The van der Waals surface area contributed by atoms with Gasteiger partial charge in [-0.2, -0.15) is 0 Å². The smallest absolute Gasteiger partial charge is 0.335 e. The highest BCUT2D eigenvalue weighted by molar-refractivity contribution is 7.89. The van der Waals surface area contributed by atoms with Crippen LogP contribution in [0.1, 0.15) is 43.0 Å². The summed E-state index contributed by atoms with van der Waals surface area (Å²) in [5, 5.41) is 8.89. The molecule has 0 saturated heterocycles. The number of nitrogens with one attached hydrogen (secondary N) is 1. The van der Waals surface area contributed by atoms with Gasteiger partial charge in [0, 0.05) is 6.04 Å². The number of halogens is 1. The molecule has 21 heavy (non-hydrogen) atoms. The first-order chi connectivity index (χ1) is 9.81. The molecule has 0 aromatic heterocycles. The lowest BCUT2D eigenvalue weighted by molar-refractivity contribution is 0.0696. The van der Waals surface area contributed by atoms with Gasteiger partial charge in [0.25, 0.3) is 0 Å². The molecule has 5 nitrogen and oxygen atoms in total. The van der Waals surface area contributed by atoms with Gasteiger partial charge in [-0.3, -0.25) is 0 Å². The molecular formula is C14H18FNO4S. The largest absolute Gasteiger partial charge is 0.478 e. The van der Waals surface area contributed by atoms with Crippen LogP contribution in [0.25, 0.3) is 0 Å². The Morgan fingerprint density at radius 2 is 2.00 bits per heavy atom. The van der Waals surface area contributed by atoms with Crippen LogP contribution in [0.4, 0.5) is 4.39 Å². The van der Waals surface area contributed by atoms with Crippen LogP contribution < -0.4 is 4.72 Å².